The molecule has 0 spiro atoms. The summed E-state index contributed by atoms with van der Waals surface area (Å²) in [4.78, 5) is 8.15. The lowest BCUT2D eigenvalue weighted by Gasteiger charge is -2.15. The summed E-state index contributed by atoms with van der Waals surface area (Å²) in [7, 11) is 0. The molecule has 0 bridgehead atoms. The van der Waals surface area contributed by atoms with Gasteiger partial charge in [0.2, 0.25) is 0 Å². The maximum atomic E-state index is 6.06. The first-order valence-electron chi connectivity index (χ1n) is 7.61. The van der Waals surface area contributed by atoms with Gasteiger partial charge < -0.3 is 9.72 Å². The van der Waals surface area contributed by atoms with Crippen molar-refractivity contribution >= 4 is 0 Å². The van der Waals surface area contributed by atoms with Crippen molar-refractivity contribution in [2.24, 2.45) is 0 Å². The van der Waals surface area contributed by atoms with Gasteiger partial charge in [-0.05, 0) is 25.5 Å². The van der Waals surface area contributed by atoms with E-state index < -0.39 is 0 Å². The lowest BCUT2D eigenvalue weighted by molar-refractivity contribution is 0.192. The molecule has 2 aromatic carbocycles. The minimum Gasteiger partial charge on any atom is -0.483 e. The number of para-hydroxylation sites is 1. The van der Waals surface area contributed by atoms with E-state index in [0.29, 0.717) is 0 Å². The molecule has 0 aliphatic carbocycles. The first-order valence-corrected chi connectivity index (χ1v) is 7.61. The lowest BCUT2D eigenvalue weighted by Crippen LogP contribution is -2.08. The molecule has 3 heteroatoms. The van der Waals surface area contributed by atoms with Gasteiger partial charge >= 0.3 is 0 Å². The fourth-order valence-electron chi connectivity index (χ4n) is 2.51. The summed E-state index contributed by atoms with van der Waals surface area (Å²) < 4.78 is 6.06. The Bertz CT molecular complexity index is 720. The number of nitrogens with zero attached hydrogens (tertiary/aromatic N) is 1. The van der Waals surface area contributed by atoms with E-state index in [1.165, 1.54) is 0 Å². The highest BCUT2D eigenvalue weighted by molar-refractivity contribution is 5.61. The summed E-state index contributed by atoms with van der Waals surface area (Å²) in [6.07, 6.45) is 0.786. The number of hydrogen-bond donors (Lipinski definition) is 1. The monoisotopic (exact) mass is 292 g/mol. The molecular weight excluding hydrogens is 272 g/mol. The Labute approximate surface area is 131 Å². The number of H-pyrrole nitrogens is 1. The van der Waals surface area contributed by atoms with Crippen LogP contribution >= 0.6 is 0 Å². The van der Waals surface area contributed by atoms with Crippen molar-refractivity contribution in [1.29, 1.82) is 0 Å². The summed E-state index contributed by atoms with van der Waals surface area (Å²) in [6, 6.07) is 20.1. The van der Waals surface area contributed by atoms with Gasteiger partial charge in [-0.15, -0.1) is 0 Å². The molecular formula is C19H20N2O. The number of aromatic amines is 1. The fourth-order valence-corrected chi connectivity index (χ4v) is 2.51. The van der Waals surface area contributed by atoms with Crippen molar-refractivity contribution in [3.05, 3.63) is 72.2 Å². The molecule has 0 saturated carbocycles. The smallest absolute Gasteiger partial charge is 0.156 e. The summed E-state index contributed by atoms with van der Waals surface area (Å²) in [5, 5.41) is 0. The maximum Gasteiger partial charge on any atom is 0.156 e. The minimum atomic E-state index is -0.0708. The van der Waals surface area contributed by atoms with Crippen LogP contribution in [0.25, 0.3) is 11.3 Å². The van der Waals surface area contributed by atoms with E-state index in [1.807, 2.05) is 55.5 Å². The average Bonchev–Trinajstić information content (AvgIpc) is 2.96. The Morgan fingerprint density at radius 2 is 1.64 bits per heavy atom. The van der Waals surface area contributed by atoms with Crippen molar-refractivity contribution < 1.29 is 4.74 Å². The summed E-state index contributed by atoms with van der Waals surface area (Å²) >= 11 is 0. The van der Waals surface area contributed by atoms with Crippen LogP contribution in [0, 0.1) is 6.92 Å². The third-order valence-electron chi connectivity index (χ3n) is 3.65. The molecule has 0 radical (unpaired) electrons. The molecule has 1 N–H and O–H groups in total. The van der Waals surface area contributed by atoms with Crippen LogP contribution in [0.4, 0.5) is 0 Å². The summed E-state index contributed by atoms with van der Waals surface area (Å²) in [6.45, 7) is 4.15. The number of aryl methyl sites for hydroxylation is 1. The van der Waals surface area contributed by atoms with E-state index in [4.69, 9.17) is 9.72 Å². The van der Waals surface area contributed by atoms with E-state index >= 15 is 0 Å². The molecule has 1 unspecified atom stereocenters. The van der Waals surface area contributed by atoms with Crippen molar-refractivity contribution in [3.63, 3.8) is 0 Å². The van der Waals surface area contributed by atoms with Crippen molar-refractivity contribution in [2.45, 2.75) is 26.4 Å². The molecule has 0 fully saturated rings. The Kier molecular flexibility index (Phi) is 4.24. The molecule has 0 aliphatic heterocycles. The van der Waals surface area contributed by atoms with Crippen molar-refractivity contribution in [3.8, 4) is 17.0 Å². The van der Waals surface area contributed by atoms with Crippen LogP contribution < -0.4 is 4.74 Å². The quantitative estimate of drug-likeness (QED) is 0.725. The minimum absolute atomic E-state index is 0.0708. The molecule has 3 nitrogen and oxygen atoms in total. The number of ether oxygens (including phenoxy) is 1. The van der Waals surface area contributed by atoms with E-state index in [1.54, 1.807) is 0 Å². The Morgan fingerprint density at radius 1 is 1.00 bits per heavy atom. The van der Waals surface area contributed by atoms with Gasteiger partial charge in [0.1, 0.15) is 11.6 Å². The number of nitrogens with one attached hydrogen (secondary N) is 1. The summed E-state index contributed by atoms with van der Waals surface area (Å²) in [5.41, 5.74) is 3.18. The first-order chi connectivity index (χ1) is 10.8. The lowest BCUT2D eigenvalue weighted by atomic mass is 10.1. The Morgan fingerprint density at radius 3 is 2.27 bits per heavy atom. The highest BCUT2D eigenvalue weighted by Crippen LogP contribution is 2.27. The number of hydrogen-bond acceptors (Lipinski definition) is 2. The molecule has 0 saturated heterocycles. The van der Waals surface area contributed by atoms with Gasteiger partial charge in [-0.3, -0.25) is 0 Å². The van der Waals surface area contributed by atoms with Gasteiger partial charge in [-0.1, -0.05) is 55.5 Å². The molecule has 1 heterocycles. The molecule has 112 valence electrons. The second-order valence-electron chi connectivity index (χ2n) is 5.29. The predicted octanol–water partition coefficient (Wildman–Crippen LogP) is 4.92. The highest BCUT2D eigenvalue weighted by Gasteiger charge is 2.18. The van der Waals surface area contributed by atoms with Crippen LogP contribution in [0.15, 0.2) is 60.7 Å². The van der Waals surface area contributed by atoms with E-state index in [9.17, 15) is 0 Å². The number of rotatable bonds is 5. The van der Waals surface area contributed by atoms with Crippen LogP contribution in [-0.2, 0) is 0 Å². The maximum absolute atomic E-state index is 6.06. The van der Waals surface area contributed by atoms with Crippen molar-refractivity contribution in [2.75, 3.05) is 0 Å². The summed E-state index contributed by atoms with van der Waals surface area (Å²) in [5.74, 6) is 1.74. The number of imidazole rings is 1. The molecule has 0 amide bonds. The van der Waals surface area contributed by atoms with E-state index in [-0.39, 0.29) is 6.10 Å². The molecule has 0 aliphatic rings. The van der Waals surface area contributed by atoms with Crippen LogP contribution in [0.3, 0.4) is 0 Å². The van der Waals surface area contributed by atoms with Crippen LogP contribution in [0.1, 0.15) is 31.0 Å². The van der Waals surface area contributed by atoms with Gasteiger partial charge in [0.25, 0.3) is 0 Å². The molecule has 22 heavy (non-hydrogen) atoms. The van der Waals surface area contributed by atoms with Gasteiger partial charge in [0.15, 0.2) is 6.10 Å². The zero-order chi connectivity index (χ0) is 15.4. The van der Waals surface area contributed by atoms with Gasteiger partial charge in [-0.2, -0.15) is 0 Å². The number of aromatic nitrogens is 2. The second kappa shape index (κ2) is 6.48. The molecule has 1 atom stereocenters. The van der Waals surface area contributed by atoms with Crippen LogP contribution in [-0.4, -0.2) is 9.97 Å². The average molecular weight is 292 g/mol. The van der Waals surface area contributed by atoms with E-state index in [0.717, 1.165) is 34.9 Å². The highest BCUT2D eigenvalue weighted by atomic mass is 16.5. The SMILES string of the molecule is CCC(Oc1ccccc1)c1nc(-c2ccccc2)c(C)[nH]1. The molecule has 3 aromatic rings. The van der Waals surface area contributed by atoms with Crippen molar-refractivity contribution in [1.82, 2.24) is 9.97 Å². The fraction of sp³-hybridized carbons (Fsp3) is 0.211. The predicted molar refractivity (Wildman–Crippen MR) is 88.9 cm³/mol. The Hall–Kier alpha value is -2.55. The first kappa shape index (κ1) is 14.4. The third-order valence-corrected chi connectivity index (χ3v) is 3.65. The van der Waals surface area contributed by atoms with Crippen LogP contribution in [0.2, 0.25) is 0 Å². The topological polar surface area (TPSA) is 37.9 Å². The van der Waals surface area contributed by atoms with E-state index in [2.05, 4.69) is 24.0 Å². The van der Waals surface area contributed by atoms with Gasteiger partial charge in [-0.25, -0.2) is 4.98 Å². The number of benzene rings is 2. The van der Waals surface area contributed by atoms with Gasteiger partial charge in [0.05, 0.1) is 5.69 Å². The largest absolute Gasteiger partial charge is 0.483 e. The Balaban J connectivity index is 1.87. The molecule has 1 aromatic heterocycles. The zero-order valence-electron chi connectivity index (χ0n) is 12.9. The second-order valence-corrected chi connectivity index (χ2v) is 5.29. The zero-order valence-corrected chi connectivity index (χ0v) is 12.9. The standard InChI is InChI=1S/C19H20N2O/c1-3-17(22-16-12-8-5-9-13-16)19-20-14(2)18(21-19)15-10-6-4-7-11-15/h4-13,17H,3H2,1-2H3,(H,20,21). The van der Waals surface area contributed by atoms with Crippen LogP contribution in [0.5, 0.6) is 5.75 Å². The normalized spacial score (nSPS) is 12.1. The third kappa shape index (κ3) is 3.03. The molecule has 3 rings (SSSR count). The van der Waals surface area contributed by atoms with Gasteiger partial charge in [0, 0.05) is 11.3 Å².